The Morgan fingerprint density at radius 2 is 2.19 bits per heavy atom. The molecule has 0 spiro atoms. The standard InChI is InChI=1S/C13H14O3/c1-4-16-13(14)8-6-11-5-7-12(15-3)9-10(11)2/h5,7,9H,4H2,1-3H3. The Bertz CT molecular complexity index is 438. The second-order valence-electron chi connectivity index (χ2n) is 3.15. The fraction of sp³-hybridized carbons (Fsp3) is 0.308. The number of aryl methyl sites for hydroxylation is 1. The van der Waals surface area contributed by atoms with Crippen molar-refractivity contribution in [3.63, 3.8) is 0 Å². The van der Waals surface area contributed by atoms with Gasteiger partial charge in [-0.25, -0.2) is 4.79 Å². The van der Waals surface area contributed by atoms with Gasteiger partial charge in [-0.05, 0) is 37.6 Å². The summed E-state index contributed by atoms with van der Waals surface area (Å²) in [6.45, 7) is 4.00. The number of hydrogen-bond acceptors (Lipinski definition) is 3. The molecule has 0 saturated carbocycles. The van der Waals surface area contributed by atoms with Crippen LogP contribution in [0.3, 0.4) is 0 Å². The van der Waals surface area contributed by atoms with E-state index < -0.39 is 5.97 Å². The van der Waals surface area contributed by atoms with Gasteiger partial charge in [0.25, 0.3) is 0 Å². The number of ether oxygens (including phenoxy) is 2. The van der Waals surface area contributed by atoms with Gasteiger partial charge in [-0.3, -0.25) is 0 Å². The molecular formula is C13H14O3. The summed E-state index contributed by atoms with van der Waals surface area (Å²) >= 11 is 0. The van der Waals surface area contributed by atoms with Crippen molar-refractivity contribution in [1.29, 1.82) is 0 Å². The van der Waals surface area contributed by atoms with Gasteiger partial charge >= 0.3 is 5.97 Å². The Labute approximate surface area is 95.4 Å². The number of benzene rings is 1. The van der Waals surface area contributed by atoms with Crippen molar-refractivity contribution in [2.24, 2.45) is 0 Å². The van der Waals surface area contributed by atoms with E-state index in [1.165, 1.54) is 0 Å². The molecule has 3 heteroatoms. The highest BCUT2D eigenvalue weighted by atomic mass is 16.5. The predicted molar refractivity (Wildman–Crippen MR) is 61.2 cm³/mol. The van der Waals surface area contributed by atoms with Crippen molar-refractivity contribution in [3.05, 3.63) is 29.3 Å². The molecule has 0 amide bonds. The molecular weight excluding hydrogens is 204 g/mol. The van der Waals surface area contributed by atoms with E-state index in [9.17, 15) is 4.79 Å². The average molecular weight is 218 g/mol. The molecule has 0 N–H and O–H groups in total. The minimum Gasteiger partial charge on any atom is -0.497 e. The molecule has 0 fully saturated rings. The molecule has 84 valence electrons. The molecule has 0 aromatic heterocycles. The van der Waals surface area contributed by atoms with Crippen LogP contribution in [0.5, 0.6) is 5.75 Å². The van der Waals surface area contributed by atoms with E-state index in [1.807, 2.05) is 25.1 Å². The Kier molecular flexibility index (Phi) is 4.41. The zero-order valence-corrected chi connectivity index (χ0v) is 9.66. The summed E-state index contributed by atoms with van der Waals surface area (Å²) in [6.07, 6.45) is 0. The highest BCUT2D eigenvalue weighted by Gasteiger charge is 1.98. The van der Waals surface area contributed by atoms with Crippen molar-refractivity contribution >= 4 is 5.97 Å². The maximum absolute atomic E-state index is 11.0. The normalized spacial score (nSPS) is 8.94. The number of methoxy groups -OCH3 is 1. The molecule has 0 bridgehead atoms. The van der Waals surface area contributed by atoms with Gasteiger partial charge in [0.1, 0.15) is 5.75 Å². The van der Waals surface area contributed by atoms with Gasteiger partial charge < -0.3 is 9.47 Å². The van der Waals surface area contributed by atoms with Crippen LogP contribution in [0.1, 0.15) is 18.1 Å². The largest absolute Gasteiger partial charge is 0.497 e. The fourth-order valence-corrected chi connectivity index (χ4v) is 1.19. The number of rotatable bonds is 2. The highest BCUT2D eigenvalue weighted by molar-refractivity contribution is 5.89. The lowest BCUT2D eigenvalue weighted by Crippen LogP contribution is -1.99. The predicted octanol–water partition coefficient (Wildman–Crippen LogP) is 1.92. The summed E-state index contributed by atoms with van der Waals surface area (Å²) in [5.41, 5.74) is 1.77. The van der Waals surface area contributed by atoms with E-state index in [1.54, 1.807) is 14.0 Å². The molecule has 0 heterocycles. The number of hydrogen-bond donors (Lipinski definition) is 0. The van der Waals surface area contributed by atoms with Crippen LogP contribution in [0.15, 0.2) is 18.2 Å². The first kappa shape index (κ1) is 12.1. The summed E-state index contributed by atoms with van der Waals surface area (Å²) in [4.78, 5) is 11.0. The summed E-state index contributed by atoms with van der Waals surface area (Å²) in [7, 11) is 1.61. The Morgan fingerprint density at radius 3 is 2.75 bits per heavy atom. The SMILES string of the molecule is CCOC(=O)C#Cc1ccc(OC)cc1C. The van der Waals surface area contributed by atoms with Gasteiger partial charge in [-0.15, -0.1) is 0 Å². The second kappa shape index (κ2) is 5.82. The molecule has 0 atom stereocenters. The monoisotopic (exact) mass is 218 g/mol. The molecule has 1 aromatic carbocycles. The molecule has 3 nitrogen and oxygen atoms in total. The van der Waals surface area contributed by atoms with Crippen molar-refractivity contribution in [2.45, 2.75) is 13.8 Å². The summed E-state index contributed by atoms with van der Waals surface area (Å²) in [6, 6.07) is 5.50. The van der Waals surface area contributed by atoms with Crippen LogP contribution in [0, 0.1) is 18.8 Å². The first-order chi connectivity index (χ1) is 7.67. The van der Waals surface area contributed by atoms with Gasteiger partial charge in [-0.1, -0.05) is 5.92 Å². The molecule has 0 unspecified atom stereocenters. The van der Waals surface area contributed by atoms with Crippen LogP contribution in [-0.2, 0) is 9.53 Å². The van der Waals surface area contributed by atoms with Gasteiger partial charge in [0, 0.05) is 11.5 Å². The number of carbonyl (C=O) groups is 1. The Morgan fingerprint density at radius 1 is 1.44 bits per heavy atom. The lowest BCUT2D eigenvalue weighted by molar-refractivity contribution is -0.136. The van der Waals surface area contributed by atoms with Crippen molar-refractivity contribution in [1.82, 2.24) is 0 Å². The van der Waals surface area contributed by atoms with Crippen molar-refractivity contribution in [2.75, 3.05) is 13.7 Å². The van der Waals surface area contributed by atoms with Gasteiger partial charge in [-0.2, -0.15) is 0 Å². The van der Waals surface area contributed by atoms with Gasteiger partial charge in [0.2, 0.25) is 0 Å². The molecule has 0 radical (unpaired) electrons. The van der Waals surface area contributed by atoms with Crippen molar-refractivity contribution in [3.8, 4) is 17.6 Å². The van der Waals surface area contributed by atoms with Gasteiger partial charge in [0.15, 0.2) is 0 Å². The Balaban J connectivity index is 2.85. The lowest BCUT2D eigenvalue weighted by Gasteiger charge is -2.02. The lowest BCUT2D eigenvalue weighted by atomic mass is 10.1. The second-order valence-corrected chi connectivity index (χ2v) is 3.15. The van der Waals surface area contributed by atoms with Crippen LogP contribution in [0.4, 0.5) is 0 Å². The first-order valence-corrected chi connectivity index (χ1v) is 5.00. The van der Waals surface area contributed by atoms with Crippen LogP contribution in [0.25, 0.3) is 0 Å². The van der Waals surface area contributed by atoms with E-state index in [0.717, 1.165) is 16.9 Å². The van der Waals surface area contributed by atoms with Crippen LogP contribution >= 0.6 is 0 Å². The zero-order valence-electron chi connectivity index (χ0n) is 9.66. The third-order valence-corrected chi connectivity index (χ3v) is 2.01. The van der Waals surface area contributed by atoms with E-state index in [-0.39, 0.29) is 0 Å². The minimum atomic E-state index is -0.502. The smallest absolute Gasteiger partial charge is 0.384 e. The van der Waals surface area contributed by atoms with Crippen LogP contribution in [-0.4, -0.2) is 19.7 Å². The fourth-order valence-electron chi connectivity index (χ4n) is 1.19. The van der Waals surface area contributed by atoms with E-state index in [2.05, 4.69) is 11.8 Å². The highest BCUT2D eigenvalue weighted by Crippen LogP contribution is 2.15. The first-order valence-electron chi connectivity index (χ1n) is 5.00. The number of esters is 1. The molecule has 1 aromatic rings. The maximum atomic E-state index is 11.0. The summed E-state index contributed by atoms with van der Waals surface area (Å²) in [5.74, 6) is 5.47. The molecule has 0 aliphatic rings. The third-order valence-electron chi connectivity index (χ3n) is 2.01. The van der Waals surface area contributed by atoms with Crippen molar-refractivity contribution < 1.29 is 14.3 Å². The molecule has 0 aliphatic carbocycles. The minimum absolute atomic E-state index is 0.342. The van der Waals surface area contributed by atoms with E-state index in [4.69, 9.17) is 9.47 Å². The summed E-state index contributed by atoms with van der Waals surface area (Å²) in [5, 5.41) is 0. The summed E-state index contributed by atoms with van der Waals surface area (Å²) < 4.78 is 9.79. The molecule has 1 rings (SSSR count). The molecule has 16 heavy (non-hydrogen) atoms. The quantitative estimate of drug-likeness (QED) is 0.562. The van der Waals surface area contributed by atoms with E-state index >= 15 is 0 Å². The average Bonchev–Trinajstić information content (AvgIpc) is 2.27. The van der Waals surface area contributed by atoms with Gasteiger partial charge in [0.05, 0.1) is 13.7 Å². The number of carbonyl (C=O) groups excluding carboxylic acids is 1. The molecule has 0 aliphatic heterocycles. The zero-order chi connectivity index (χ0) is 12.0. The van der Waals surface area contributed by atoms with E-state index in [0.29, 0.717) is 6.61 Å². The van der Waals surface area contributed by atoms with Crippen LogP contribution in [0.2, 0.25) is 0 Å². The molecule has 0 saturated heterocycles. The third kappa shape index (κ3) is 3.32. The maximum Gasteiger partial charge on any atom is 0.384 e. The topological polar surface area (TPSA) is 35.5 Å². The Hall–Kier alpha value is -1.95. The van der Waals surface area contributed by atoms with Crippen LogP contribution < -0.4 is 4.74 Å².